The van der Waals surface area contributed by atoms with E-state index in [0.717, 1.165) is 10.0 Å². The van der Waals surface area contributed by atoms with Gasteiger partial charge in [0, 0.05) is 15.6 Å². The molecule has 0 aromatic heterocycles. The first kappa shape index (κ1) is 18.6. The number of nitrogens with one attached hydrogen (secondary N) is 1. The number of carbonyl (C=O) groups excluding carboxylic acids is 1. The van der Waals surface area contributed by atoms with E-state index in [1.165, 1.54) is 0 Å². The van der Waals surface area contributed by atoms with E-state index in [-0.39, 0.29) is 5.91 Å². The second kappa shape index (κ2) is 8.36. The van der Waals surface area contributed by atoms with Gasteiger partial charge in [0.05, 0.1) is 0 Å². The maximum atomic E-state index is 12.3. The number of quaternary nitrogens is 1. The number of benzene rings is 2. The van der Waals surface area contributed by atoms with E-state index >= 15 is 0 Å². The molecular formula is C16H15BrCl3N2O+. The highest BCUT2D eigenvalue weighted by Crippen LogP contribution is 2.27. The molecule has 0 aliphatic rings. The molecule has 1 amide bonds. The van der Waals surface area contributed by atoms with Gasteiger partial charge in [0.1, 0.15) is 6.54 Å². The van der Waals surface area contributed by atoms with Crippen LogP contribution in [-0.4, -0.2) is 15.9 Å². The Hall–Kier alpha value is -0.780. The highest BCUT2D eigenvalue weighted by Gasteiger charge is 2.37. The zero-order chi connectivity index (χ0) is 16.9. The standard InChI is InChI=1S/C16H14BrCl3N2O/c17-13-8-6-12(7-9-13)14(23)22-15(16(18,19)20)21-10-11-4-2-1-3-5-11/h1-9,15,21H,10H2,(H,22,23)/p+1/t15-/m0/s1. The Morgan fingerprint density at radius 1 is 1.09 bits per heavy atom. The molecule has 1 atom stereocenters. The predicted octanol–water partition coefficient (Wildman–Crippen LogP) is 3.64. The number of hydrogen-bond acceptors (Lipinski definition) is 1. The highest BCUT2D eigenvalue weighted by atomic mass is 79.9. The summed E-state index contributed by atoms with van der Waals surface area (Å²) in [5.74, 6) is -0.293. The Morgan fingerprint density at radius 2 is 1.70 bits per heavy atom. The molecular weight excluding hydrogens is 422 g/mol. The van der Waals surface area contributed by atoms with Gasteiger partial charge in [-0.15, -0.1) is 0 Å². The number of hydrogen-bond donors (Lipinski definition) is 2. The van der Waals surface area contributed by atoms with Crippen molar-refractivity contribution in [1.29, 1.82) is 0 Å². The lowest BCUT2D eigenvalue weighted by Gasteiger charge is -2.23. The average molecular weight is 438 g/mol. The molecule has 0 saturated heterocycles. The number of halogens is 4. The summed E-state index contributed by atoms with van der Waals surface area (Å²) in [6.07, 6.45) is -0.705. The fraction of sp³-hybridized carbons (Fsp3) is 0.188. The van der Waals surface area contributed by atoms with Gasteiger partial charge in [0.25, 0.3) is 9.70 Å². The van der Waals surface area contributed by atoms with Crippen molar-refractivity contribution in [3.8, 4) is 0 Å². The number of carbonyl (C=O) groups is 1. The Kier molecular flexibility index (Phi) is 6.74. The normalized spacial score (nSPS) is 12.7. The van der Waals surface area contributed by atoms with E-state index in [1.54, 1.807) is 29.6 Å². The minimum Gasteiger partial charge on any atom is -0.319 e. The summed E-state index contributed by atoms with van der Waals surface area (Å²) in [5.41, 5.74) is 1.57. The molecule has 0 spiro atoms. The summed E-state index contributed by atoms with van der Waals surface area (Å²) in [6, 6.07) is 16.7. The number of nitrogens with two attached hydrogens (primary N) is 1. The number of rotatable bonds is 5. The molecule has 0 unspecified atom stereocenters. The molecule has 122 valence electrons. The second-order valence-electron chi connectivity index (χ2n) is 4.93. The van der Waals surface area contributed by atoms with Crippen LogP contribution < -0.4 is 10.6 Å². The lowest BCUT2D eigenvalue weighted by molar-refractivity contribution is -0.706. The molecule has 7 heteroatoms. The van der Waals surface area contributed by atoms with Crippen molar-refractivity contribution in [3.63, 3.8) is 0 Å². The zero-order valence-corrected chi connectivity index (χ0v) is 15.8. The van der Waals surface area contributed by atoms with Crippen LogP contribution in [0, 0.1) is 0 Å². The average Bonchev–Trinajstić information content (AvgIpc) is 2.51. The van der Waals surface area contributed by atoms with Crippen molar-refractivity contribution in [2.24, 2.45) is 0 Å². The topological polar surface area (TPSA) is 45.7 Å². The van der Waals surface area contributed by atoms with Crippen LogP contribution in [0.5, 0.6) is 0 Å². The van der Waals surface area contributed by atoms with Crippen LogP contribution in [0.2, 0.25) is 0 Å². The fourth-order valence-electron chi connectivity index (χ4n) is 1.97. The monoisotopic (exact) mass is 435 g/mol. The maximum Gasteiger partial charge on any atom is 0.262 e. The van der Waals surface area contributed by atoms with Crippen molar-refractivity contribution in [1.82, 2.24) is 5.32 Å². The first-order valence-electron chi connectivity index (χ1n) is 6.86. The fourth-order valence-corrected chi connectivity index (χ4v) is 2.66. The van der Waals surface area contributed by atoms with Crippen LogP contribution in [0.1, 0.15) is 15.9 Å². The van der Waals surface area contributed by atoms with E-state index in [0.29, 0.717) is 12.1 Å². The molecule has 0 aliphatic carbocycles. The lowest BCUT2D eigenvalue weighted by atomic mass is 10.2. The van der Waals surface area contributed by atoms with Crippen LogP contribution in [0.3, 0.4) is 0 Å². The van der Waals surface area contributed by atoms with Crippen LogP contribution in [0.15, 0.2) is 59.1 Å². The molecule has 0 heterocycles. The minimum absolute atomic E-state index is 0.293. The van der Waals surface area contributed by atoms with Crippen LogP contribution >= 0.6 is 50.7 Å². The zero-order valence-electron chi connectivity index (χ0n) is 12.0. The molecule has 2 aromatic rings. The van der Waals surface area contributed by atoms with Crippen molar-refractivity contribution in [2.45, 2.75) is 16.5 Å². The Bertz CT molecular complexity index is 645. The molecule has 0 saturated carbocycles. The SMILES string of the molecule is O=C(N[C@H]([NH2+]Cc1ccccc1)C(Cl)(Cl)Cl)c1ccc(Br)cc1. The van der Waals surface area contributed by atoms with Crippen LogP contribution in [0.25, 0.3) is 0 Å². The van der Waals surface area contributed by atoms with Gasteiger partial charge in [-0.3, -0.25) is 10.1 Å². The van der Waals surface area contributed by atoms with Gasteiger partial charge in [0.15, 0.2) is 0 Å². The summed E-state index contributed by atoms with van der Waals surface area (Å²) >= 11 is 21.3. The van der Waals surface area contributed by atoms with Crippen LogP contribution in [0.4, 0.5) is 0 Å². The summed E-state index contributed by atoms with van der Waals surface area (Å²) in [6.45, 7) is 0.583. The van der Waals surface area contributed by atoms with Gasteiger partial charge in [-0.2, -0.15) is 0 Å². The summed E-state index contributed by atoms with van der Waals surface area (Å²) in [4.78, 5) is 12.3. The van der Waals surface area contributed by atoms with Crippen molar-refractivity contribution >= 4 is 56.6 Å². The van der Waals surface area contributed by atoms with E-state index in [2.05, 4.69) is 21.2 Å². The van der Waals surface area contributed by atoms with E-state index in [9.17, 15) is 4.79 Å². The molecule has 0 fully saturated rings. The van der Waals surface area contributed by atoms with Crippen LogP contribution in [-0.2, 0) is 6.54 Å². The highest BCUT2D eigenvalue weighted by molar-refractivity contribution is 9.10. The molecule has 3 N–H and O–H groups in total. The number of alkyl halides is 3. The Balaban J connectivity index is 2.04. The van der Waals surface area contributed by atoms with Gasteiger partial charge in [-0.25, -0.2) is 0 Å². The van der Waals surface area contributed by atoms with Gasteiger partial charge in [-0.1, -0.05) is 81.1 Å². The Morgan fingerprint density at radius 3 is 2.26 bits per heavy atom. The third-order valence-corrected chi connectivity index (χ3v) is 4.41. The first-order chi connectivity index (χ1) is 10.9. The molecule has 0 aliphatic heterocycles. The molecule has 2 aromatic carbocycles. The third kappa shape index (κ3) is 5.98. The molecule has 0 radical (unpaired) electrons. The largest absolute Gasteiger partial charge is 0.319 e. The maximum absolute atomic E-state index is 12.3. The van der Waals surface area contributed by atoms with Gasteiger partial charge < -0.3 is 5.32 Å². The van der Waals surface area contributed by atoms with Crippen molar-refractivity contribution in [2.75, 3.05) is 0 Å². The third-order valence-electron chi connectivity index (χ3n) is 3.18. The quantitative estimate of drug-likeness (QED) is 0.545. The predicted molar refractivity (Wildman–Crippen MR) is 97.8 cm³/mol. The van der Waals surface area contributed by atoms with Gasteiger partial charge in [0.2, 0.25) is 6.17 Å². The molecule has 2 rings (SSSR count). The lowest BCUT2D eigenvalue weighted by Crippen LogP contribution is -2.95. The van der Waals surface area contributed by atoms with E-state index in [1.807, 2.05) is 30.3 Å². The first-order valence-corrected chi connectivity index (χ1v) is 8.79. The van der Waals surface area contributed by atoms with Gasteiger partial charge in [-0.05, 0) is 24.3 Å². The summed E-state index contributed by atoms with van der Waals surface area (Å²) in [5, 5.41) is 4.55. The van der Waals surface area contributed by atoms with Gasteiger partial charge >= 0.3 is 0 Å². The van der Waals surface area contributed by atoms with E-state index < -0.39 is 9.96 Å². The number of amides is 1. The smallest absolute Gasteiger partial charge is 0.262 e. The molecule has 3 nitrogen and oxygen atoms in total. The Labute approximate surface area is 158 Å². The summed E-state index contributed by atoms with van der Waals surface area (Å²) in [7, 11) is 0. The summed E-state index contributed by atoms with van der Waals surface area (Å²) < 4.78 is -0.734. The second-order valence-corrected chi connectivity index (χ2v) is 8.21. The van der Waals surface area contributed by atoms with E-state index in [4.69, 9.17) is 34.8 Å². The molecule has 23 heavy (non-hydrogen) atoms. The van der Waals surface area contributed by atoms with Crippen molar-refractivity contribution < 1.29 is 10.1 Å². The van der Waals surface area contributed by atoms with Crippen molar-refractivity contribution in [3.05, 3.63) is 70.2 Å². The molecule has 0 bridgehead atoms. The minimum atomic E-state index is -1.63.